The highest BCUT2D eigenvalue weighted by Gasteiger charge is 2.13. The van der Waals surface area contributed by atoms with Gasteiger partial charge >= 0.3 is 5.97 Å². The highest BCUT2D eigenvalue weighted by Crippen LogP contribution is 2.22. The molecule has 1 aromatic carbocycles. The molecule has 70 valence electrons. The van der Waals surface area contributed by atoms with Crippen LogP contribution in [0.5, 0.6) is 0 Å². The second kappa shape index (κ2) is 3.92. The number of ether oxygens (including phenoxy) is 1. The van der Waals surface area contributed by atoms with Gasteiger partial charge in [-0.15, -0.1) is 0 Å². The molecule has 0 unspecified atom stereocenters. The second-order valence-corrected chi connectivity index (χ2v) is 3.78. The Morgan fingerprint density at radius 3 is 2.46 bits per heavy atom. The zero-order valence-electron chi connectivity index (χ0n) is 7.85. The van der Waals surface area contributed by atoms with Crippen LogP contribution in [0.25, 0.3) is 0 Å². The third-order valence-corrected chi connectivity index (χ3v) is 2.45. The van der Waals surface area contributed by atoms with Crippen molar-refractivity contribution < 1.29 is 9.53 Å². The third kappa shape index (κ3) is 2.10. The molecule has 0 aliphatic carbocycles. The van der Waals surface area contributed by atoms with E-state index in [1.807, 2.05) is 26.0 Å². The number of carbonyl (C=O) groups is 1. The topological polar surface area (TPSA) is 26.3 Å². The molecule has 0 heterocycles. The van der Waals surface area contributed by atoms with Gasteiger partial charge in [0.1, 0.15) is 0 Å². The molecule has 0 aliphatic heterocycles. The van der Waals surface area contributed by atoms with Crippen molar-refractivity contribution in [1.29, 1.82) is 0 Å². The van der Waals surface area contributed by atoms with Gasteiger partial charge in [-0.2, -0.15) is 0 Å². The summed E-state index contributed by atoms with van der Waals surface area (Å²) < 4.78 is 5.46. The normalized spacial score (nSPS) is 9.85. The van der Waals surface area contributed by atoms with E-state index in [1.54, 1.807) is 0 Å². The minimum Gasteiger partial charge on any atom is -0.465 e. The lowest BCUT2D eigenvalue weighted by atomic mass is 10.1. The van der Waals surface area contributed by atoms with E-state index in [9.17, 15) is 4.79 Å². The van der Waals surface area contributed by atoms with Crippen molar-refractivity contribution in [2.45, 2.75) is 13.8 Å². The Balaban J connectivity index is 3.28. The molecule has 0 aliphatic rings. The van der Waals surface area contributed by atoms with Crippen molar-refractivity contribution in [2.75, 3.05) is 7.11 Å². The van der Waals surface area contributed by atoms with E-state index in [0.29, 0.717) is 5.56 Å². The van der Waals surface area contributed by atoms with Crippen LogP contribution in [0.1, 0.15) is 21.5 Å². The van der Waals surface area contributed by atoms with Crippen LogP contribution in [0.4, 0.5) is 0 Å². The van der Waals surface area contributed by atoms with Crippen molar-refractivity contribution >= 4 is 21.9 Å². The van der Waals surface area contributed by atoms with Crippen LogP contribution >= 0.6 is 15.9 Å². The van der Waals surface area contributed by atoms with Crippen molar-refractivity contribution in [3.05, 3.63) is 33.3 Å². The summed E-state index contributed by atoms with van der Waals surface area (Å²) in [6.45, 7) is 3.88. The molecule has 1 aromatic rings. The van der Waals surface area contributed by atoms with E-state index in [4.69, 9.17) is 0 Å². The predicted octanol–water partition coefficient (Wildman–Crippen LogP) is 2.85. The fourth-order valence-electron chi connectivity index (χ4n) is 1.28. The van der Waals surface area contributed by atoms with Crippen LogP contribution in [0, 0.1) is 13.8 Å². The standard InChI is InChI=1S/C10H11BrO2/c1-6-4-7(2)9(8(11)5-6)10(12)13-3/h4-5H,1-3H3. The van der Waals surface area contributed by atoms with E-state index in [2.05, 4.69) is 20.7 Å². The number of carbonyl (C=O) groups excluding carboxylic acids is 1. The Labute approximate surface area is 86.0 Å². The number of hydrogen-bond donors (Lipinski definition) is 0. The molecule has 0 spiro atoms. The van der Waals surface area contributed by atoms with E-state index in [0.717, 1.165) is 15.6 Å². The van der Waals surface area contributed by atoms with Gasteiger partial charge in [-0.1, -0.05) is 6.07 Å². The summed E-state index contributed by atoms with van der Waals surface area (Å²) in [6, 6.07) is 3.86. The molecule has 13 heavy (non-hydrogen) atoms. The van der Waals surface area contributed by atoms with Gasteiger partial charge in [0.2, 0.25) is 0 Å². The van der Waals surface area contributed by atoms with Crippen LogP contribution in [0.2, 0.25) is 0 Å². The molecule has 0 N–H and O–H groups in total. The fourth-order valence-corrected chi connectivity index (χ4v) is 2.11. The van der Waals surface area contributed by atoms with Gasteiger partial charge in [0.05, 0.1) is 12.7 Å². The van der Waals surface area contributed by atoms with Crippen LogP contribution < -0.4 is 0 Å². The van der Waals surface area contributed by atoms with Gasteiger partial charge in [-0.3, -0.25) is 0 Å². The molecule has 3 heteroatoms. The lowest BCUT2D eigenvalue weighted by molar-refractivity contribution is 0.0599. The molecule has 0 atom stereocenters. The molecular formula is C10H11BrO2. The lowest BCUT2D eigenvalue weighted by Gasteiger charge is -2.07. The van der Waals surface area contributed by atoms with Gasteiger partial charge in [-0.05, 0) is 47.0 Å². The molecule has 0 radical (unpaired) electrons. The first-order valence-electron chi connectivity index (χ1n) is 3.91. The second-order valence-electron chi connectivity index (χ2n) is 2.93. The Bertz CT molecular complexity index is 322. The van der Waals surface area contributed by atoms with Crippen molar-refractivity contribution in [3.63, 3.8) is 0 Å². The highest BCUT2D eigenvalue weighted by molar-refractivity contribution is 9.10. The SMILES string of the molecule is COC(=O)c1c(C)cc(C)cc1Br. The fraction of sp³-hybridized carbons (Fsp3) is 0.300. The molecular weight excluding hydrogens is 232 g/mol. The Morgan fingerprint density at radius 1 is 1.38 bits per heavy atom. The molecule has 0 saturated carbocycles. The minimum atomic E-state index is -0.302. The quantitative estimate of drug-likeness (QED) is 0.709. The van der Waals surface area contributed by atoms with Crippen molar-refractivity contribution in [3.8, 4) is 0 Å². The number of hydrogen-bond acceptors (Lipinski definition) is 2. The highest BCUT2D eigenvalue weighted by atomic mass is 79.9. The summed E-state index contributed by atoms with van der Waals surface area (Å²) in [7, 11) is 1.38. The smallest absolute Gasteiger partial charge is 0.339 e. The summed E-state index contributed by atoms with van der Waals surface area (Å²) >= 11 is 3.34. The molecule has 2 nitrogen and oxygen atoms in total. The monoisotopic (exact) mass is 242 g/mol. The number of esters is 1. The van der Waals surface area contributed by atoms with E-state index < -0.39 is 0 Å². The maximum atomic E-state index is 11.3. The Kier molecular flexibility index (Phi) is 3.09. The maximum Gasteiger partial charge on any atom is 0.339 e. The van der Waals surface area contributed by atoms with Gasteiger partial charge < -0.3 is 4.74 Å². The van der Waals surface area contributed by atoms with E-state index in [1.165, 1.54) is 7.11 Å². The zero-order chi connectivity index (χ0) is 10.0. The van der Waals surface area contributed by atoms with Gasteiger partial charge in [0, 0.05) is 4.47 Å². The largest absolute Gasteiger partial charge is 0.465 e. The average Bonchev–Trinajstić information content (AvgIpc) is 2.02. The summed E-state index contributed by atoms with van der Waals surface area (Å²) in [6.07, 6.45) is 0. The van der Waals surface area contributed by atoms with Gasteiger partial charge in [-0.25, -0.2) is 4.79 Å². The Morgan fingerprint density at radius 2 is 2.00 bits per heavy atom. The van der Waals surface area contributed by atoms with Crippen molar-refractivity contribution in [2.24, 2.45) is 0 Å². The first-order chi connectivity index (χ1) is 6.06. The summed E-state index contributed by atoms with van der Waals surface area (Å²) in [5.41, 5.74) is 2.66. The Hall–Kier alpha value is -0.830. The van der Waals surface area contributed by atoms with Crippen LogP contribution in [-0.2, 0) is 4.74 Å². The zero-order valence-corrected chi connectivity index (χ0v) is 9.44. The third-order valence-electron chi connectivity index (χ3n) is 1.82. The summed E-state index contributed by atoms with van der Waals surface area (Å²) in [4.78, 5) is 11.3. The van der Waals surface area contributed by atoms with Crippen molar-refractivity contribution in [1.82, 2.24) is 0 Å². The molecule has 0 aromatic heterocycles. The number of halogens is 1. The number of methoxy groups -OCH3 is 1. The van der Waals surface area contributed by atoms with Gasteiger partial charge in [0.25, 0.3) is 0 Å². The molecule has 0 bridgehead atoms. The lowest BCUT2D eigenvalue weighted by Crippen LogP contribution is -2.05. The number of rotatable bonds is 1. The molecule has 1 rings (SSSR count). The summed E-state index contributed by atoms with van der Waals surface area (Å²) in [5, 5.41) is 0. The minimum absolute atomic E-state index is 0.302. The first-order valence-corrected chi connectivity index (χ1v) is 4.70. The number of aryl methyl sites for hydroxylation is 2. The van der Waals surface area contributed by atoms with E-state index >= 15 is 0 Å². The first kappa shape index (κ1) is 10.3. The molecule has 0 amide bonds. The van der Waals surface area contributed by atoms with Crippen LogP contribution in [-0.4, -0.2) is 13.1 Å². The predicted molar refractivity (Wildman–Crippen MR) is 55.0 cm³/mol. The average molecular weight is 243 g/mol. The summed E-state index contributed by atoms with van der Waals surface area (Å²) in [5.74, 6) is -0.302. The molecule has 0 fully saturated rings. The van der Waals surface area contributed by atoms with Gasteiger partial charge in [0.15, 0.2) is 0 Å². The van der Waals surface area contributed by atoms with E-state index in [-0.39, 0.29) is 5.97 Å². The number of benzene rings is 1. The molecule has 0 saturated heterocycles. The van der Waals surface area contributed by atoms with Crippen LogP contribution in [0.15, 0.2) is 16.6 Å². The van der Waals surface area contributed by atoms with Crippen LogP contribution in [0.3, 0.4) is 0 Å². The maximum absolute atomic E-state index is 11.3.